The molecule has 0 saturated carbocycles. The Hall–Kier alpha value is -2.88. The van der Waals surface area contributed by atoms with Crippen molar-refractivity contribution in [2.24, 2.45) is 0 Å². The van der Waals surface area contributed by atoms with E-state index < -0.39 is 0 Å². The molecular formula is C18H16N2O2. The van der Waals surface area contributed by atoms with E-state index in [0.717, 1.165) is 11.1 Å². The van der Waals surface area contributed by atoms with E-state index in [1.165, 1.54) is 5.56 Å². The van der Waals surface area contributed by atoms with Gasteiger partial charge in [-0.15, -0.1) is 0 Å². The lowest BCUT2D eigenvalue weighted by atomic mass is 10.0. The second kappa shape index (κ2) is 5.48. The minimum Gasteiger partial charge on any atom is -0.306 e. The lowest BCUT2D eigenvalue weighted by molar-refractivity contribution is 0.104. The summed E-state index contributed by atoms with van der Waals surface area (Å²) in [6.07, 6.45) is 3.38. The van der Waals surface area contributed by atoms with Crippen LogP contribution in [0.2, 0.25) is 0 Å². The van der Waals surface area contributed by atoms with Crippen molar-refractivity contribution in [2.75, 3.05) is 0 Å². The number of ketones is 1. The number of imidazole rings is 1. The highest BCUT2D eigenvalue weighted by Gasteiger charge is 2.05. The zero-order valence-corrected chi connectivity index (χ0v) is 12.4. The summed E-state index contributed by atoms with van der Waals surface area (Å²) in [6, 6.07) is 11.2. The topological polar surface area (TPSA) is 65.7 Å². The van der Waals surface area contributed by atoms with Gasteiger partial charge in [-0.25, -0.2) is 4.79 Å². The molecular weight excluding hydrogens is 276 g/mol. The van der Waals surface area contributed by atoms with Gasteiger partial charge in [-0.1, -0.05) is 29.8 Å². The minimum atomic E-state index is -0.273. The maximum Gasteiger partial charge on any atom is 0.323 e. The van der Waals surface area contributed by atoms with Crippen LogP contribution in [-0.4, -0.2) is 15.8 Å². The van der Waals surface area contributed by atoms with Crippen molar-refractivity contribution in [1.82, 2.24) is 9.97 Å². The Morgan fingerprint density at radius 3 is 2.55 bits per heavy atom. The van der Waals surface area contributed by atoms with Crippen LogP contribution >= 0.6 is 0 Å². The predicted octanol–water partition coefficient (Wildman–Crippen LogP) is 3.37. The second-order valence-corrected chi connectivity index (χ2v) is 5.40. The number of carbonyl (C=O) groups excluding carboxylic acids is 1. The van der Waals surface area contributed by atoms with Crippen LogP contribution in [0.1, 0.15) is 27.0 Å². The molecule has 0 aliphatic rings. The van der Waals surface area contributed by atoms with Gasteiger partial charge in [-0.3, -0.25) is 4.79 Å². The molecule has 0 radical (unpaired) electrons. The molecule has 2 aromatic carbocycles. The summed E-state index contributed by atoms with van der Waals surface area (Å²) < 4.78 is 0. The monoisotopic (exact) mass is 292 g/mol. The van der Waals surface area contributed by atoms with Crippen molar-refractivity contribution >= 4 is 22.9 Å². The highest BCUT2D eigenvalue weighted by atomic mass is 16.1. The molecule has 1 aromatic heterocycles. The Morgan fingerprint density at radius 1 is 1.00 bits per heavy atom. The molecule has 0 saturated heterocycles. The van der Waals surface area contributed by atoms with Gasteiger partial charge in [0.25, 0.3) is 0 Å². The average molecular weight is 292 g/mol. The Balaban J connectivity index is 1.88. The minimum absolute atomic E-state index is 0.0936. The summed E-state index contributed by atoms with van der Waals surface area (Å²) in [5, 5.41) is 0. The molecule has 110 valence electrons. The summed E-state index contributed by atoms with van der Waals surface area (Å²) in [5.74, 6) is -0.0936. The summed E-state index contributed by atoms with van der Waals surface area (Å²) in [4.78, 5) is 28.8. The molecule has 0 aliphatic carbocycles. The molecule has 0 atom stereocenters. The van der Waals surface area contributed by atoms with Gasteiger partial charge in [0, 0.05) is 5.56 Å². The third-order valence-corrected chi connectivity index (χ3v) is 3.64. The quantitative estimate of drug-likeness (QED) is 0.574. The first-order valence-electron chi connectivity index (χ1n) is 7.04. The van der Waals surface area contributed by atoms with E-state index in [9.17, 15) is 9.59 Å². The number of aromatic amines is 2. The predicted molar refractivity (Wildman–Crippen MR) is 88.2 cm³/mol. The van der Waals surface area contributed by atoms with Gasteiger partial charge in [0.15, 0.2) is 5.78 Å². The number of H-pyrrole nitrogens is 2. The lowest BCUT2D eigenvalue weighted by Gasteiger charge is -2.01. The van der Waals surface area contributed by atoms with Gasteiger partial charge >= 0.3 is 5.69 Å². The van der Waals surface area contributed by atoms with E-state index in [0.29, 0.717) is 16.6 Å². The molecule has 3 rings (SSSR count). The van der Waals surface area contributed by atoms with Crippen LogP contribution in [0.4, 0.5) is 0 Å². The van der Waals surface area contributed by atoms with Crippen molar-refractivity contribution < 1.29 is 4.79 Å². The van der Waals surface area contributed by atoms with E-state index in [2.05, 4.69) is 16.0 Å². The number of benzene rings is 2. The van der Waals surface area contributed by atoms with Crippen molar-refractivity contribution in [3.8, 4) is 0 Å². The summed E-state index contributed by atoms with van der Waals surface area (Å²) in [7, 11) is 0. The molecule has 1 heterocycles. The smallest absolute Gasteiger partial charge is 0.306 e. The van der Waals surface area contributed by atoms with Crippen molar-refractivity contribution in [3.63, 3.8) is 0 Å². The highest BCUT2D eigenvalue weighted by Crippen LogP contribution is 2.14. The fourth-order valence-electron chi connectivity index (χ4n) is 2.46. The number of aryl methyl sites for hydroxylation is 2. The van der Waals surface area contributed by atoms with Gasteiger partial charge < -0.3 is 9.97 Å². The number of rotatable bonds is 3. The number of carbonyl (C=O) groups is 1. The lowest BCUT2D eigenvalue weighted by Crippen LogP contribution is -1.99. The number of fused-ring (bicyclic) bond motifs is 1. The SMILES string of the molecule is Cc1ccc(/C=C/C(=O)c2ccc3[nH]c(=O)[nH]c3c2)c(C)c1. The molecule has 0 amide bonds. The molecule has 0 aliphatic heterocycles. The van der Waals surface area contributed by atoms with Gasteiger partial charge in [0.2, 0.25) is 0 Å². The van der Waals surface area contributed by atoms with Crippen molar-refractivity contribution in [3.05, 3.63) is 75.2 Å². The molecule has 4 nitrogen and oxygen atoms in total. The Bertz CT molecular complexity index is 945. The normalized spacial score (nSPS) is 11.4. The van der Waals surface area contributed by atoms with Crippen LogP contribution in [-0.2, 0) is 0 Å². The third-order valence-electron chi connectivity index (χ3n) is 3.64. The second-order valence-electron chi connectivity index (χ2n) is 5.40. The van der Waals surface area contributed by atoms with Crippen LogP contribution in [0.3, 0.4) is 0 Å². The van der Waals surface area contributed by atoms with E-state index in [1.54, 1.807) is 24.3 Å². The van der Waals surface area contributed by atoms with E-state index >= 15 is 0 Å². The van der Waals surface area contributed by atoms with E-state index in [-0.39, 0.29) is 11.5 Å². The standard InChI is InChI=1S/C18H16N2O2/c1-11-3-4-13(12(2)9-11)6-8-17(21)14-5-7-15-16(10-14)20-18(22)19-15/h3-10H,1-2H3,(H2,19,20,22)/b8-6+. The zero-order valence-electron chi connectivity index (χ0n) is 12.4. The van der Waals surface area contributed by atoms with Crippen LogP contribution < -0.4 is 5.69 Å². The number of hydrogen-bond donors (Lipinski definition) is 2. The van der Waals surface area contributed by atoms with E-state index in [4.69, 9.17) is 0 Å². The van der Waals surface area contributed by atoms with Crippen LogP contribution in [0, 0.1) is 13.8 Å². The number of allylic oxidation sites excluding steroid dienone is 1. The van der Waals surface area contributed by atoms with Crippen LogP contribution in [0.25, 0.3) is 17.1 Å². The first kappa shape index (κ1) is 14.1. The maximum atomic E-state index is 12.3. The average Bonchev–Trinajstić information content (AvgIpc) is 2.85. The zero-order chi connectivity index (χ0) is 15.7. The summed E-state index contributed by atoms with van der Waals surface area (Å²) >= 11 is 0. The fourth-order valence-corrected chi connectivity index (χ4v) is 2.46. The molecule has 0 unspecified atom stereocenters. The molecule has 4 heteroatoms. The maximum absolute atomic E-state index is 12.3. The largest absolute Gasteiger partial charge is 0.323 e. The van der Waals surface area contributed by atoms with Gasteiger partial charge in [-0.2, -0.15) is 0 Å². The number of nitrogens with one attached hydrogen (secondary N) is 2. The molecule has 0 spiro atoms. The molecule has 22 heavy (non-hydrogen) atoms. The highest BCUT2D eigenvalue weighted by molar-refractivity contribution is 6.08. The van der Waals surface area contributed by atoms with Crippen molar-refractivity contribution in [1.29, 1.82) is 0 Å². The van der Waals surface area contributed by atoms with Gasteiger partial charge in [0.05, 0.1) is 11.0 Å². The van der Waals surface area contributed by atoms with Crippen molar-refractivity contribution in [2.45, 2.75) is 13.8 Å². The number of hydrogen-bond acceptors (Lipinski definition) is 2. The summed E-state index contributed by atoms with van der Waals surface area (Å²) in [6.45, 7) is 4.06. The van der Waals surface area contributed by atoms with Crippen LogP contribution in [0.15, 0.2) is 47.3 Å². The molecule has 2 N–H and O–H groups in total. The van der Waals surface area contributed by atoms with Gasteiger partial charge in [0.1, 0.15) is 0 Å². The third kappa shape index (κ3) is 2.76. The van der Waals surface area contributed by atoms with Crippen LogP contribution in [0.5, 0.6) is 0 Å². The number of aromatic nitrogens is 2. The summed E-state index contributed by atoms with van der Waals surface area (Å²) in [5.41, 5.74) is 4.96. The Kier molecular flexibility index (Phi) is 3.51. The molecule has 0 bridgehead atoms. The van der Waals surface area contributed by atoms with Gasteiger partial charge in [-0.05, 0) is 49.2 Å². The first-order chi connectivity index (χ1) is 10.5. The van der Waals surface area contributed by atoms with E-state index in [1.807, 2.05) is 32.1 Å². The molecule has 0 fully saturated rings. The molecule has 3 aromatic rings. The first-order valence-corrected chi connectivity index (χ1v) is 7.04. The Labute approximate surface area is 127 Å². The fraction of sp³-hybridized carbons (Fsp3) is 0.111. The Morgan fingerprint density at radius 2 is 1.77 bits per heavy atom.